The van der Waals surface area contributed by atoms with Crippen LogP contribution in [0.15, 0.2) is 51.8 Å². The number of nitrogens with one attached hydrogen (secondary N) is 1. The average Bonchev–Trinajstić information content (AvgIpc) is 2.34. The first-order valence-corrected chi connectivity index (χ1v) is 7.77. The molecule has 0 bridgehead atoms. The van der Waals surface area contributed by atoms with E-state index < -0.39 is 15.8 Å². The summed E-state index contributed by atoms with van der Waals surface area (Å²) < 4.78 is 39.8. The SMILES string of the molecule is O=S(=O)(Nc1ccc(Cl)c(Br)c1)c1ccc(F)cc1. The van der Waals surface area contributed by atoms with Gasteiger partial charge in [0, 0.05) is 4.47 Å². The maximum atomic E-state index is 12.8. The maximum Gasteiger partial charge on any atom is 0.261 e. The molecule has 7 heteroatoms. The molecule has 2 aromatic carbocycles. The van der Waals surface area contributed by atoms with Crippen molar-refractivity contribution in [1.29, 1.82) is 0 Å². The first-order chi connectivity index (χ1) is 8.88. The molecular formula is C12H8BrClFNO2S. The zero-order chi connectivity index (χ0) is 14.0. The predicted octanol–water partition coefficient (Wildman–Crippen LogP) is 4.04. The molecule has 3 nitrogen and oxygen atoms in total. The first-order valence-electron chi connectivity index (χ1n) is 5.12. The average molecular weight is 365 g/mol. The lowest BCUT2D eigenvalue weighted by Crippen LogP contribution is -2.12. The number of hydrogen-bond acceptors (Lipinski definition) is 2. The molecule has 100 valence electrons. The second kappa shape index (κ2) is 5.48. The summed E-state index contributed by atoms with van der Waals surface area (Å²) in [7, 11) is -3.74. The van der Waals surface area contributed by atoms with E-state index in [9.17, 15) is 12.8 Å². The zero-order valence-electron chi connectivity index (χ0n) is 9.40. The van der Waals surface area contributed by atoms with Crippen LogP contribution in [-0.2, 0) is 10.0 Å². The number of hydrogen-bond donors (Lipinski definition) is 1. The van der Waals surface area contributed by atoms with E-state index in [1.54, 1.807) is 12.1 Å². The van der Waals surface area contributed by atoms with E-state index in [2.05, 4.69) is 20.7 Å². The highest BCUT2D eigenvalue weighted by Crippen LogP contribution is 2.26. The summed E-state index contributed by atoms with van der Waals surface area (Å²) in [5.74, 6) is -0.492. The molecule has 2 aromatic rings. The van der Waals surface area contributed by atoms with Crippen LogP contribution in [-0.4, -0.2) is 8.42 Å². The zero-order valence-corrected chi connectivity index (χ0v) is 12.6. The second-order valence-electron chi connectivity index (χ2n) is 3.69. The van der Waals surface area contributed by atoms with Gasteiger partial charge in [-0.3, -0.25) is 4.72 Å². The van der Waals surface area contributed by atoms with E-state index in [4.69, 9.17) is 11.6 Å². The van der Waals surface area contributed by atoms with Gasteiger partial charge in [-0.15, -0.1) is 0 Å². The Balaban J connectivity index is 2.30. The van der Waals surface area contributed by atoms with Crippen LogP contribution in [0.1, 0.15) is 0 Å². The highest BCUT2D eigenvalue weighted by atomic mass is 79.9. The molecule has 0 aliphatic heterocycles. The summed E-state index contributed by atoms with van der Waals surface area (Å²) in [5, 5.41) is 0.477. The standard InChI is InChI=1S/C12H8BrClFNO2S/c13-11-7-9(3-6-12(11)14)16-19(17,18)10-4-1-8(15)2-5-10/h1-7,16H. The van der Waals surface area contributed by atoms with Crippen molar-refractivity contribution >= 4 is 43.2 Å². The molecular weight excluding hydrogens is 357 g/mol. The Labute approximate surface area is 123 Å². The van der Waals surface area contributed by atoms with Gasteiger partial charge in [-0.2, -0.15) is 0 Å². The molecule has 0 aliphatic carbocycles. The molecule has 0 atom stereocenters. The highest BCUT2D eigenvalue weighted by Gasteiger charge is 2.14. The van der Waals surface area contributed by atoms with Gasteiger partial charge in [0.15, 0.2) is 0 Å². The minimum Gasteiger partial charge on any atom is -0.280 e. The van der Waals surface area contributed by atoms with Gasteiger partial charge in [-0.1, -0.05) is 11.6 Å². The van der Waals surface area contributed by atoms with E-state index in [-0.39, 0.29) is 4.90 Å². The number of halogens is 3. The quantitative estimate of drug-likeness (QED) is 0.893. The van der Waals surface area contributed by atoms with Crippen molar-refractivity contribution in [1.82, 2.24) is 0 Å². The third kappa shape index (κ3) is 3.46. The van der Waals surface area contributed by atoms with Gasteiger partial charge in [-0.25, -0.2) is 12.8 Å². The monoisotopic (exact) mass is 363 g/mol. The van der Waals surface area contributed by atoms with Crippen LogP contribution in [0.4, 0.5) is 10.1 Å². The van der Waals surface area contributed by atoms with Crippen molar-refractivity contribution in [2.75, 3.05) is 4.72 Å². The van der Waals surface area contributed by atoms with E-state index in [0.717, 1.165) is 12.1 Å². The molecule has 0 aromatic heterocycles. The number of sulfonamides is 1. The normalized spacial score (nSPS) is 11.3. The van der Waals surface area contributed by atoms with Crippen molar-refractivity contribution in [2.45, 2.75) is 4.90 Å². The van der Waals surface area contributed by atoms with Crippen LogP contribution < -0.4 is 4.72 Å². The summed E-state index contributed by atoms with van der Waals surface area (Å²) in [6.45, 7) is 0. The van der Waals surface area contributed by atoms with Crippen LogP contribution in [0.2, 0.25) is 5.02 Å². The lowest BCUT2D eigenvalue weighted by atomic mass is 10.3. The molecule has 0 saturated carbocycles. The minimum absolute atomic E-state index is 0.0139. The summed E-state index contributed by atoms with van der Waals surface area (Å²) >= 11 is 9.02. The van der Waals surface area contributed by atoms with E-state index in [1.165, 1.54) is 18.2 Å². The Morgan fingerprint density at radius 1 is 1.11 bits per heavy atom. The van der Waals surface area contributed by atoms with Crippen LogP contribution >= 0.6 is 27.5 Å². The lowest BCUT2D eigenvalue weighted by molar-refractivity contribution is 0.599. The Morgan fingerprint density at radius 2 is 1.74 bits per heavy atom. The molecule has 0 spiro atoms. The van der Waals surface area contributed by atoms with Gasteiger partial charge in [0.1, 0.15) is 5.82 Å². The molecule has 0 fully saturated rings. The van der Waals surface area contributed by atoms with Gasteiger partial charge < -0.3 is 0 Å². The Kier molecular flexibility index (Phi) is 4.13. The summed E-state index contributed by atoms with van der Waals surface area (Å²) in [5.41, 5.74) is 0.362. The number of anilines is 1. The molecule has 0 heterocycles. The van der Waals surface area contributed by atoms with E-state index >= 15 is 0 Å². The van der Waals surface area contributed by atoms with Crippen LogP contribution in [0.25, 0.3) is 0 Å². The number of benzene rings is 2. The summed E-state index contributed by atoms with van der Waals surface area (Å²) in [6.07, 6.45) is 0. The van der Waals surface area contributed by atoms with Gasteiger partial charge in [0.25, 0.3) is 10.0 Å². The van der Waals surface area contributed by atoms with Crippen molar-refractivity contribution in [3.63, 3.8) is 0 Å². The third-order valence-corrected chi connectivity index (χ3v) is 4.91. The number of rotatable bonds is 3. The molecule has 0 radical (unpaired) electrons. The van der Waals surface area contributed by atoms with Gasteiger partial charge in [0.05, 0.1) is 15.6 Å². The van der Waals surface area contributed by atoms with E-state index in [0.29, 0.717) is 15.2 Å². The molecule has 0 aliphatic rings. The molecule has 2 rings (SSSR count). The Bertz CT molecular complexity index is 704. The minimum atomic E-state index is -3.74. The topological polar surface area (TPSA) is 46.2 Å². The second-order valence-corrected chi connectivity index (χ2v) is 6.63. The molecule has 0 unspecified atom stereocenters. The van der Waals surface area contributed by atoms with Crippen molar-refractivity contribution in [2.24, 2.45) is 0 Å². The summed E-state index contributed by atoms with van der Waals surface area (Å²) in [6, 6.07) is 9.22. The van der Waals surface area contributed by atoms with Gasteiger partial charge in [-0.05, 0) is 58.4 Å². The van der Waals surface area contributed by atoms with Crippen molar-refractivity contribution in [3.8, 4) is 0 Å². The van der Waals surface area contributed by atoms with Crippen LogP contribution in [0.5, 0.6) is 0 Å². The smallest absolute Gasteiger partial charge is 0.261 e. The first kappa shape index (κ1) is 14.3. The Hall–Kier alpha value is -1.11. The molecule has 0 amide bonds. The van der Waals surface area contributed by atoms with Crippen LogP contribution in [0, 0.1) is 5.82 Å². The third-order valence-electron chi connectivity index (χ3n) is 2.30. The molecule has 19 heavy (non-hydrogen) atoms. The molecule has 1 N–H and O–H groups in total. The fraction of sp³-hybridized carbons (Fsp3) is 0. The predicted molar refractivity (Wildman–Crippen MR) is 76.4 cm³/mol. The maximum absolute atomic E-state index is 12.8. The Morgan fingerprint density at radius 3 is 2.32 bits per heavy atom. The van der Waals surface area contributed by atoms with Gasteiger partial charge in [0.2, 0.25) is 0 Å². The lowest BCUT2D eigenvalue weighted by Gasteiger charge is -2.08. The molecule has 0 saturated heterocycles. The van der Waals surface area contributed by atoms with E-state index in [1.807, 2.05) is 0 Å². The van der Waals surface area contributed by atoms with Crippen LogP contribution in [0.3, 0.4) is 0 Å². The van der Waals surface area contributed by atoms with Crippen molar-refractivity contribution < 1.29 is 12.8 Å². The van der Waals surface area contributed by atoms with Crippen molar-refractivity contribution in [3.05, 3.63) is 57.8 Å². The fourth-order valence-corrected chi connectivity index (χ4v) is 2.93. The highest BCUT2D eigenvalue weighted by molar-refractivity contribution is 9.10. The van der Waals surface area contributed by atoms with Gasteiger partial charge >= 0.3 is 0 Å². The fourth-order valence-electron chi connectivity index (χ4n) is 1.39. The largest absolute Gasteiger partial charge is 0.280 e. The summed E-state index contributed by atoms with van der Waals surface area (Å²) in [4.78, 5) is -0.0139.